The summed E-state index contributed by atoms with van der Waals surface area (Å²) in [6.07, 6.45) is 12.5. The summed E-state index contributed by atoms with van der Waals surface area (Å²) < 4.78 is 1.42. The van der Waals surface area contributed by atoms with Gasteiger partial charge in [0.25, 0.3) is 0 Å². The molecule has 0 aromatic heterocycles. The molecule has 0 heterocycles. The monoisotopic (exact) mass is 315 g/mol. The van der Waals surface area contributed by atoms with Crippen LogP contribution in [0.4, 0.5) is 0 Å². The first-order chi connectivity index (χ1) is 10.2. The topological polar surface area (TPSA) is 20.2 Å². The SMILES string of the molecule is C=CCO.CCCC[N+](CCCC)(CCCC)CCCC.[BH4-]. The second-order valence-corrected chi connectivity index (χ2v) is 6.12. The van der Waals surface area contributed by atoms with Crippen molar-refractivity contribution in [1.82, 2.24) is 0 Å². The molecule has 0 fully saturated rings. The number of nitrogens with zero attached hydrogens (tertiary/aromatic N) is 1. The molecule has 0 spiro atoms. The fourth-order valence-corrected chi connectivity index (χ4v) is 2.64. The van der Waals surface area contributed by atoms with Crippen LogP contribution in [0, 0.1) is 0 Å². The molecule has 0 aromatic carbocycles. The van der Waals surface area contributed by atoms with Crippen LogP contribution in [0.25, 0.3) is 0 Å². The minimum Gasteiger partial charge on any atom is -0.392 e. The Morgan fingerprint density at radius 3 is 1.09 bits per heavy atom. The normalized spacial score (nSPS) is 10.4. The number of hydrogen-bond acceptors (Lipinski definition) is 1. The number of aliphatic hydroxyl groups is 1. The van der Waals surface area contributed by atoms with E-state index in [0.29, 0.717) is 0 Å². The van der Waals surface area contributed by atoms with E-state index in [1.54, 1.807) is 0 Å². The van der Waals surface area contributed by atoms with Crippen molar-refractivity contribution in [2.45, 2.75) is 79.1 Å². The van der Waals surface area contributed by atoms with Crippen LogP contribution in [0.3, 0.4) is 0 Å². The van der Waals surface area contributed by atoms with Gasteiger partial charge in [0.05, 0.1) is 32.8 Å². The van der Waals surface area contributed by atoms with Crippen molar-refractivity contribution in [1.29, 1.82) is 0 Å². The van der Waals surface area contributed by atoms with Gasteiger partial charge in [-0.25, -0.2) is 0 Å². The molecule has 0 amide bonds. The molecule has 3 heteroatoms. The van der Waals surface area contributed by atoms with Crippen molar-refractivity contribution in [2.24, 2.45) is 0 Å². The Hall–Kier alpha value is -0.275. The van der Waals surface area contributed by atoms with Crippen LogP contribution in [0.15, 0.2) is 12.7 Å². The van der Waals surface area contributed by atoms with Gasteiger partial charge in [-0.2, -0.15) is 0 Å². The maximum Gasteiger partial charge on any atom is 0.0786 e. The predicted molar refractivity (Wildman–Crippen MR) is 108 cm³/mol. The molecule has 0 rings (SSSR count). The number of quaternary nitrogens is 1. The third-order valence-electron chi connectivity index (χ3n) is 4.07. The number of hydrogen-bond donors (Lipinski definition) is 1. The Morgan fingerprint density at radius 1 is 0.727 bits per heavy atom. The highest BCUT2D eigenvalue weighted by Gasteiger charge is 2.24. The molecule has 136 valence electrons. The molecule has 0 unspecified atom stereocenters. The van der Waals surface area contributed by atoms with Crippen LogP contribution in [0.5, 0.6) is 0 Å². The van der Waals surface area contributed by atoms with Gasteiger partial charge in [0.15, 0.2) is 0 Å². The van der Waals surface area contributed by atoms with Crippen LogP contribution in [0.1, 0.15) is 79.1 Å². The molecule has 0 saturated carbocycles. The Morgan fingerprint density at radius 2 is 0.955 bits per heavy atom. The Bertz CT molecular complexity index is 172. The van der Waals surface area contributed by atoms with Crippen molar-refractivity contribution >= 4 is 8.41 Å². The van der Waals surface area contributed by atoms with E-state index in [1.807, 2.05) is 0 Å². The van der Waals surface area contributed by atoms with E-state index >= 15 is 0 Å². The van der Waals surface area contributed by atoms with E-state index in [4.69, 9.17) is 5.11 Å². The number of unbranched alkanes of at least 4 members (excludes halogenated alkanes) is 4. The van der Waals surface area contributed by atoms with E-state index in [2.05, 4.69) is 34.3 Å². The van der Waals surface area contributed by atoms with Gasteiger partial charge in [-0.05, 0) is 25.7 Å². The lowest BCUT2D eigenvalue weighted by Crippen LogP contribution is -2.50. The first-order valence-corrected chi connectivity index (χ1v) is 9.23. The van der Waals surface area contributed by atoms with Crippen molar-refractivity contribution in [3.8, 4) is 0 Å². The van der Waals surface area contributed by atoms with Crippen molar-refractivity contribution in [3.63, 3.8) is 0 Å². The van der Waals surface area contributed by atoms with Gasteiger partial charge < -0.3 is 9.59 Å². The third-order valence-corrected chi connectivity index (χ3v) is 4.07. The molecular formula is C19H46BNO. The van der Waals surface area contributed by atoms with Crippen molar-refractivity contribution in [3.05, 3.63) is 12.7 Å². The van der Waals surface area contributed by atoms with Gasteiger partial charge in [0.2, 0.25) is 0 Å². The van der Waals surface area contributed by atoms with Crippen molar-refractivity contribution < 1.29 is 9.59 Å². The quantitative estimate of drug-likeness (QED) is 0.312. The van der Waals surface area contributed by atoms with Gasteiger partial charge in [-0.3, -0.25) is 0 Å². The van der Waals surface area contributed by atoms with Gasteiger partial charge in [0.1, 0.15) is 0 Å². The second-order valence-electron chi connectivity index (χ2n) is 6.12. The maximum absolute atomic E-state index is 7.76. The van der Waals surface area contributed by atoms with E-state index in [1.165, 1.54) is 88.1 Å². The third kappa shape index (κ3) is 16.1. The Kier molecular flexibility index (Phi) is 25.1. The Balaban J connectivity index is -0.000000640. The van der Waals surface area contributed by atoms with E-state index in [-0.39, 0.29) is 15.0 Å². The highest BCUT2D eigenvalue weighted by Crippen LogP contribution is 2.16. The summed E-state index contributed by atoms with van der Waals surface area (Å²) in [5.41, 5.74) is 0. The molecule has 22 heavy (non-hydrogen) atoms. The van der Waals surface area contributed by atoms with E-state index < -0.39 is 0 Å². The summed E-state index contributed by atoms with van der Waals surface area (Å²) in [4.78, 5) is 0. The van der Waals surface area contributed by atoms with Crippen LogP contribution in [0.2, 0.25) is 0 Å². The fraction of sp³-hybridized carbons (Fsp3) is 0.895. The zero-order chi connectivity index (χ0) is 16.4. The first kappa shape index (κ1) is 26.6. The molecule has 1 N–H and O–H groups in total. The molecule has 0 aliphatic heterocycles. The van der Waals surface area contributed by atoms with Gasteiger partial charge in [0, 0.05) is 0 Å². The summed E-state index contributed by atoms with van der Waals surface area (Å²) in [6.45, 7) is 18.3. The predicted octanol–water partition coefficient (Wildman–Crippen LogP) is 3.72. The average Bonchev–Trinajstić information content (AvgIpc) is 2.53. The lowest BCUT2D eigenvalue weighted by atomic mass is 10.1. The first-order valence-electron chi connectivity index (χ1n) is 9.23. The molecular weight excluding hydrogens is 269 g/mol. The molecule has 0 bridgehead atoms. The zero-order valence-electron chi connectivity index (χ0n) is 15.4. The number of rotatable bonds is 13. The summed E-state index contributed by atoms with van der Waals surface area (Å²) in [7, 11) is 0. The fourth-order valence-electron chi connectivity index (χ4n) is 2.64. The molecule has 0 atom stereocenters. The average molecular weight is 315 g/mol. The smallest absolute Gasteiger partial charge is 0.0786 e. The highest BCUT2D eigenvalue weighted by molar-refractivity contribution is 5.75. The van der Waals surface area contributed by atoms with Crippen LogP contribution in [-0.4, -0.2) is 50.8 Å². The lowest BCUT2D eigenvalue weighted by molar-refractivity contribution is -0.929. The molecule has 2 nitrogen and oxygen atoms in total. The van der Waals surface area contributed by atoms with Crippen LogP contribution >= 0.6 is 0 Å². The molecule has 0 aliphatic carbocycles. The van der Waals surface area contributed by atoms with Crippen molar-refractivity contribution in [2.75, 3.05) is 32.8 Å². The van der Waals surface area contributed by atoms with Gasteiger partial charge >= 0.3 is 0 Å². The molecule has 0 radical (unpaired) electrons. The summed E-state index contributed by atoms with van der Waals surface area (Å²) in [5, 5.41) is 7.76. The van der Waals surface area contributed by atoms with Crippen LogP contribution in [-0.2, 0) is 0 Å². The highest BCUT2D eigenvalue weighted by atomic mass is 16.2. The lowest BCUT2D eigenvalue weighted by Gasteiger charge is -2.39. The summed E-state index contributed by atoms with van der Waals surface area (Å²) in [6, 6.07) is 0. The molecule has 0 aliphatic rings. The summed E-state index contributed by atoms with van der Waals surface area (Å²) in [5.74, 6) is 0. The second kappa shape index (κ2) is 20.7. The standard InChI is InChI=1S/C16H36N.C3H6O.BH4/c1-5-9-13-17(14-10-6-2,15-11-7-3)16-12-8-4;1-2-3-4;/h5-16H2,1-4H3;2,4H,1,3H2;1H4/q+1;;-1. The maximum atomic E-state index is 7.76. The van der Waals surface area contributed by atoms with Gasteiger partial charge in [-0.1, -0.05) is 67.9 Å². The molecule has 0 saturated heterocycles. The van der Waals surface area contributed by atoms with E-state index in [0.717, 1.165) is 0 Å². The Labute approximate surface area is 143 Å². The largest absolute Gasteiger partial charge is 0.392 e. The van der Waals surface area contributed by atoms with Gasteiger partial charge in [-0.15, -0.1) is 6.58 Å². The minimum absolute atomic E-state index is 0. The van der Waals surface area contributed by atoms with Crippen LogP contribution < -0.4 is 0 Å². The minimum atomic E-state index is 0. The summed E-state index contributed by atoms with van der Waals surface area (Å²) >= 11 is 0. The molecule has 0 aromatic rings. The number of aliphatic hydroxyl groups excluding tert-OH is 1. The van der Waals surface area contributed by atoms with E-state index in [9.17, 15) is 0 Å². The zero-order valence-corrected chi connectivity index (χ0v) is 15.4.